The number of hydrogen-bond acceptors (Lipinski definition) is 0. The molecular formula is C22H21Cl2Zr. The normalized spacial score (nSPS) is 21.6. The Kier molecular flexibility index (Phi) is 3.77. The Labute approximate surface area is 157 Å². The minimum absolute atomic E-state index is 0.194. The van der Waals surface area contributed by atoms with Crippen LogP contribution in [0.5, 0.6) is 0 Å². The van der Waals surface area contributed by atoms with Gasteiger partial charge in [-0.2, -0.15) is 0 Å². The fraction of sp³-hybridized carbons (Fsp3) is 0.273. The molecule has 0 unspecified atom stereocenters. The van der Waals surface area contributed by atoms with Crippen LogP contribution in [0.4, 0.5) is 0 Å². The topological polar surface area (TPSA) is 0 Å². The van der Waals surface area contributed by atoms with E-state index in [1.165, 1.54) is 41.5 Å². The Morgan fingerprint density at radius 3 is 1.76 bits per heavy atom. The van der Waals surface area contributed by atoms with Crippen LogP contribution < -0.4 is 0 Å². The summed E-state index contributed by atoms with van der Waals surface area (Å²) >= 11 is -4.27. The van der Waals surface area contributed by atoms with Crippen molar-refractivity contribution >= 4 is 17.0 Å². The molecule has 25 heavy (non-hydrogen) atoms. The van der Waals surface area contributed by atoms with Gasteiger partial charge in [0, 0.05) is 0 Å². The fourth-order valence-corrected chi connectivity index (χ4v) is 26.0. The Morgan fingerprint density at radius 2 is 1.28 bits per heavy atom. The van der Waals surface area contributed by atoms with Gasteiger partial charge in [0.1, 0.15) is 0 Å². The summed E-state index contributed by atoms with van der Waals surface area (Å²) in [6.45, 7) is 0. The van der Waals surface area contributed by atoms with Crippen molar-refractivity contribution in [1.82, 2.24) is 0 Å². The second-order valence-corrected chi connectivity index (χ2v) is 30.0. The molecule has 0 atom stereocenters. The van der Waals surface area contributed by atoms with Gasteiger partial charge in [-0.1, -0.05) is 0 Å². The molecule has 0 radical (unpaired) electrons. The van der Waals surface area contributed by atoms with Crippen molar-refractivity contribution in [2.45, 2.75) is 30.1 Å². The van der Waals surface area contributed by atoms with Gasteiger partial charge in [-0.05, 0) is 0 Å². The number of benzene rings is 2. The summed E-state index contributed by atoms with van der Waals surface area (Å²) in [5, 5.41) is 0. The van der Waals surface area contributed by atoms with Gasteiger partial charge in [-0.15, -0.1) is 0 Å². The monoisotopic (exact) mass is 445 g/mol. The molecule has 0 saturated heterocycles. The molecule has 127 valence electrons. The van der Waals surface area contributed by atoms with Gasteiger partial charge in [0.15, 0.2) is 0 Å². The molecule has 0 nitrogen and oxygen atoms in total. The summed E-state index contributed by atoms with van der Waals surface area (Å²) in [4.78, 5) is 0. The Bertz CT molecular complexity index is 850. The number of fused-ring (bicyclic) bond motifs is 3. The van der Waals surface area contributed by atoms with Gasteiger partial charge in [-0.25, -0.2) is 0 Å². The molecule has 5 rings (SSSR count). The zero-order valence-corrected chi connectivity index (χ0v) is 18.0. The summed E-state index contributed by atoms with van der Waals surface area (Å²) in [7, 11) is 15.7. The molecule has 3 heteroatoms. The molecule has 0 amide bonds. The van der Waals surface area contributed by atoms with Crippen LogP contribution in [-0.2, 0) is 16.4 Å². The summed E-state index contributed by atoms with van der Waals surface area (Å²) in [6, 6.07) is 17.5. The zero-order valence-electron chi connectivity index (χ0n) is 14.0. The third-order valence-electron chi connectivity index (χ3n) is 6.66. The first kappa shape index (κ1) is 16.5. The van der Waals surface area contributed by atoms with Gasteiger partial charge in [-0.3, -0.25) is 0 Å². The molecule has 0 N–H and O–H groups in total. The second-order valence-electron chi connectivity index (χ2n) is 7.76. The average Bonchev–Trinajstić information content (AvgIpc) is 3.20. The fourth-order valence-electron chi connectivity index (χ4n) is 5.21. The number of hydrogen-bond donors (Lipinski definition) is 0. The Balaban J connectivity index is 1.80. The van der Waals surface area contributed by atoms with E-state index in [-0.39, 0.29) is 7.25 Å². The van der Waals surface area contributed by atoms with Crippen LogP contribution in [0.1, 0.15) is 34.0 Å². The SMILES string of the molecule is [Cl][Zr]([Cl])([CH]1C=CC=C1)([CH]1CCC1)[CH]1c2ccccc2-c2ccccc21. The molecule has 1 saturated carbocycles. The van der Waals surface area contributed by atoms with Crippen molar-refractivity contribution < 1.29 is 16.4 Å². The molecule has 2 aromatic rings. The van der Waals surface area contributed by atoms with Crippen LogP contribution in [0.25, 0.3) is 11.1 Å². The molecule has 3 aliphatic rings. The van der Waals surface area contributed by atoms with Crippen molar-refractivity contribution in [3.63, 3.8) is 0 Å². The van der Waals surface area contributed by atoms with Crippen LogP contribution in [0.15, 0.2) is 72.8 Å². The van der Waals surface area contributed by atoms with Crippen LogP contribution >= 0.6 is 17.0 Å². The van der Waals surface area contributed by atoms with Crippen molar-refractivity contribution in [2.24, 2.45) is 0 Å². The molecule has 0 bridgehead atoms. The van der Waals surface area contributed by atoms with E-state index in [2.05, 4.69) is 72.8 Å². The van der Waals surface area contributed by atoms with Crippen LogP contribution in [0, 0.1) is 0 Å². The molecule has 3 aliphatic carbocycles. The average molecular weight is 448 g/mol. The molecule has 1 fully saturated rings. The first-order valence-corrected chi connectivity index (χ1v) is 19.8. The van der Waals surface area contributed by atoms with E-state index in [0.29, 0.717) is 3.63 Å². The summed E-state index contributed by atoms with van der Waals surface area (Å²) in [5.41, 5.74) is 5.38. The standard InChI is InChI=1S/C13H9.C5H5.C4H7.2ClH.Zr/c1-3-7-12-10(5-1)9-11-6-2-4-8-13(11)12;1-2-4-5-3-1;1-2-4-3-1;;;/h1-9H;1-5H;1H,2-4H2;2*1H;/q;;;;;+2/p-2. The quantitative estimate of drug-likeness (QED) is 0.453. The second kappa shape index (κ2) is 5.69. The van der Waals surface area contributed by atoms with Crippen molar-refractivity contribution in [1.29, 1.82) is 0 Å². The summed E-state index contributed by atoms with van der Waals surface area (Å²) in [5.74, 6) is 0. The van der Waals surface area contributed by atoms with E-state index >= 15 is 0 Å². The Hall–Kier alpha value is -0.617. The predicted octanol–water partition coefficient (Wildman–Crippen LogP) is 7.64. The van der Waals surface area contributed by atoms with E-state index in [4.69, 9.17) is 17.0 Å². The summed E-state index contributed by atoms with van der Waals surface area (Å²) in [6.07, 6.45) is 12.5. The van der Waals surface area contributed by atoms with Crippen LogP contribution in [-0.4, -0.2) is 0 Å². The van der Waals surface area contributed by atoms with Crippen molar-refractivity contribution in [3.05, 3.63) is 84.0 Å². The van der Waals surface area contributed by atoms with E-state index in [1.807, 2.05) is 0 Å². The molecule has 0 aromatic heterocycles. The molecule has 0 heterocycles. The molecule has 0 aliphatic heterocycles. The minimum atomic E-state index is -4.27. The molecule has 2 aromatic carbocycles. The number of halogens is 2. The third-order valence-corrected chi connectivity index (χ3v) is 29.4. The number of rotatable bonds is 3. The maximum absolute atomic E-state index is 7.84. The van der Waals surface area contributed by atoms with E-state index < -0.39 is 16.4 Å². The zero-order chi connectivity index (χ0) is 17.1. The first-order chi connectivity index (χ1) is 12.1. The van der Waals surface area contributed by atoms with E-state index in [9.17, 15) is 0 Å². The van der Waals surface area contributed by atoms with Gasteiger partial charge >= 0.3 is 159 Å². The van der Waals surface area contributed by atoms with Gasteiger partial charge in [0.25, 0.3) is 0 Å². The van der Waals surface area contributed by atoms with Crippen LogP contribution in [0.3, 0.4) is 0 Å². The molecule has 0 spiro atoms. The van der Waals surface area contributed by atoms with Gasteiger partial charge in [0.2, 0.25) is 0 Å². The van der Waals surface area contributed by atoms with Gasteiger partial charge < -0.3 is 0 Å². The number of allylic oxidation sites excluding steroid dienone is 4. The van der Waals surface area contributed by atoms with Crippen LogP contribution in [0.2, 0.25) is 7.25 Å². The summed E-state index contributed by atoms with van der Waals surface area (Å²) < 4.78 is 0.936. The van der Waals surface area contributed by atoms with Crippen molar-refractivity contribution in [2.75, 3.05) is 0 Å². The van der Waals surface area contributed by atoms with Crippen molar-refractivity contribution in [3.8, 4) is 11.1 Å². The van der Waals surface area contributed by atoms with E-state index in [0.717, 1.165) is 0 Å². The Morgan fingerprint density at radius 1 is 0.760 bits per heavy atom. The predicted molar refractivity (Wildman–Crippen MR) is 105 cm³/mol. The first-order valence-electron chi connectivity index (χ1n) is 9.21. The maximum atomic E-state index is 7.84. The van der Waals surface area contributed by atoms with E-state index in [1.54, 1.807) is 0 Å². The van der Waals surface area contributed by atoms with Gasteiger partial charge in [0.05, 0.1) is 0 Å². The third kappa shape index (κ3) is 2.16. The molecular weight excluding hydrogens is 426 g/mol.